The Morgan fingerprint density at radius 1 is 1.50 bits per heavy atom. The minimum Gasteiger partial charge on any atom is -0.476 e. The molecule has 1 aliphatic heterocycles. The van der Waals surface area contributed by atoms with Crippen molar-refractivity contribution in [2.45, 2.75) is 20.0 Å². The van der Waals surface area contributed by atoms with Gasteiger partial charge in [0.15, 0.2) is 11.9 Å². The molecule has 1 aliphatic rings. The van der Waals surface area contributed by atoms with E-state index in [1.54, 1.807) is 12.1 Å². The number of carbonyl (C=O) groups is 1. The molecule has 0 aliphatic carbocycles. The maximum Gasteiger partial charge on any atom is 0.265 e. The summed E-state index contributed by atoms with van der Waals surface area (Å²) in [6, 6.07) is 3.23. The van der Waals surface area contributed by atoms with Crippen LogP contribution in [-0.2, 0) is 4.79 Å². The number of nitrogen functional groups attached to an aromatic ring is 1. The first kappa shape index (κ1) is 11.1. The average Bonchev–Trinajstić information content (AvgIpc) is 2.15. The van der Waals surface area contributed by atoms with E-state index in [4.69, 9.17) is 22.1 Å². The number of nitrogens with one attached hydrogen (secondary N) is 1. The molecule has 0 radical (unpaired) electrons. The number of amides is 1. The van der Waals surface area contributed by atoms with E-state index >= 15 is 0 Å². The third-order valence-electron chi connectivity index (χ3n) is 2.45. The van der Waals surface area contributed by atoms with Crippen LogP contribution >= 0.6 is 11.6 Å². The normalized spacial score (nSPS) is 19.0. The number of fused-ring (bicyclic) bond motifs is 1. The fraction of sp³-hybridized carbons (Fsp3) is 0.364. The topological polar surface area (TPSA) is 64.3 Å². The Hall–Kier alpha value is -1.42. The second-order valence-electron chi connectivity index (χ2n) is 4.14. The number of halogens is 1. The predicted molar refractivity (Wildman–Crippen MR) is 63.7 cm³/mol. The molecular formula is C11H13ClN2O2. The highest BCUT2D eigenvalue weighted by Gasteiger charge is 2.31. The van der Waals surface area contributed by atoms with Crippen molar-refractivity contribution in [1.82, 2.24) is 0 Å². The number of ether oxygens (including phenoxy) is 1. The summed E-state index contributed by atoms with van der Waals surface area (Å²) in [5, 5.41) is 3.22. The smallest absolute Gasteiger partial charge is 0.265 e. The van der Waals surface area contributed by atoms with Crippen LogP contribution in [-0.4, -0.2) is 12.0 Å². The van der Waals surface area contributed by atoms with Crippen molar-refractivity contribution < 1.29 is 9.53 Å². The van der Waals surface area contributed by atoms with E-state index in [0.717, 1.165) is 0 Å². The molecule has 1 heterocycles. The number of nitrogens with two attached hydrogens (primary N) is 1. The van der Waals surface area contributed by atoms with E-state index in [9.17, 15) is 4.79 Å². The van der Waals surface area contributed by atoms with Crippen molar-refractivity contribution in [3.8, 4) is 5.75 Å². The lowest BCUT2D eigenvalue weighted by Gasteiger charge is -2.29. The number of anilines is 2. The second kappa shape index (κ2) is 3.87. The van der Waals surface area contributed by atoms with Gasteiger partial charge in [0.2, 0.25) is 0 Å². The Morgan fingerprint density at radius 2 is 2.19 bits per heavy atom. The molecular weight excluding hydrogens is 228 g/mol. The summed E-state index contributed by atoms with van der Waals surface area (Å²) in [6.07, 6.45) is -0.504. The molecule has 0 aromatic heterocycles. The predicted octanol–water partition coefficient (Wildman–Crippen LogP) is 2.28. The Balaban J connectivity index is 2.43. The Labute approximate surface area is 98.7 Å². The molecule has 0 saturated carbocycles. The number of rotatable bonds is 1. The average molecular weight is 241 g/mol. The lowest BCUT2D eigenvalue weighted by Crippen LogP contribution is -2.40. The third-order valence-corrected chi connectivity index (χ3v) is 2.67. The quantitative estimate of drug-likeness (QED) is 0.741. The number of hydrogen-bond donors (Lipinski definition) is 2. The molecule has 0 saturated heterocycles. The lowest BCUT2D eigenvalue weighted by molar-refractivity contribution is -0.125. The van der Waals surface area contributed by atoms with Crippen molar-refractivity contribution in [3.63, 3.8) is 0 Å². The molecule has 16 heavy (non-hydrogen) atoms. The highest BCUT2D eigenvalue weighted by Crippen LogP contribution is 2.38. The fourth-order valence-corrected chi connectivity index (χ4v) is 1.89. The van der Waals surface area contributed by atoms with Crippen LogP contribution in [0.2, 0.25) is 5.02 Å². The first-order chi connectivity index (χ1) is 7.49. The van der Waals surface area contributed by atoms with Gasteiger partial charge < -0.3 is 15.8 Å². The number of hydrogen-bond acceptors (Lipinski definition) is 3. The Morgan fingerprint density at radius 3 is 2.81 bits per heavy atom. The first-order valence-corrected chi connectivity index (χ1v) is 5.43. The van der Waals surface area contributed by atoms with E-state index in [1.807, 2.05) is 13.8 Å². The Kier molecular flexibility index (Phi) is 2.68. The van der Waals surface area contributed by atoms with Crippen molar-refractivity contribution in [3.05, 3.63) is 17.2 Å². The molecule has 0 fully saturated rings. The van der Waals surface area contributed by atoms with Crippen LogP contribution in [0.4, 0.5) is 11.4 Å². The summed E-state index contributed by atoms with van der Waals surface area (Å²) in [6.45, 7) is 3.84. The molecule has 1 aromatic carbocycles. The van der Waals surface area contributed by atoms with Gasteiger partial charge in [-0.15, -0.1) is 0 Å². The maximum absolute atomic E-state index is 11.7. The van der Waals surface area contributed by atoms with Crippen molar-refractivity contribution >= 4 is 28.9 Å². The van der Waals surface area contributed by atoms with Crippen LogP contribution in [0.15, 0.2) is 12.1 Å². The maximum atomic E-state index is 11.7. The minimum atomic E-state index is -0.504. The molecule has 1 unspecified atom stereocenters. The van der Waals surface area contributed by atoms with Crippen LogP contribution in [0.5, 0.6) is 5.75 Å². The van der Waals surface area contributed by atoms with Gasteiger partial charge in [0.1, 0.15) is 0 Å². The zero-order valence-corrected chi connectivity index (χ0v) is 9.84. The zero-order chi connectivity index (χ0) is 11.9. The molecule has 4 nitrogen and oxygen atoms in total. The molecule has 2 rings (SSSR count). The minimum absolute atomic E-state index is 0.0863. The molecule has 0 bridgehead atoms. The zero-order valence-electron chi connectivity index (χ0n) is 9.08. The summed E-state index contributed by atoms with van der Waals surface area (Å²) in [5.41, 5.74) is 6.76. The van der Waals surface area contributed by atoms with Gasteiger partial charge in [0.05, 0.1) is 11.4 Å². The first-order valence-electron chi connectivity index (χ1n) is 5.05. The van der Waals surface area contributed by atoms with Gasteiger partial charge in [-0.25, -0.2) is 0 Å². The molecule has 1 atom stereocenters. The van der Waals surface area contributed by atoms with Crippen LogP contribution in [0.3, 0.4) is 0 Å². The summed E-state index contributed by atoms with van der Waals surface area (Å²) < 4.78 is 5.60. The van der Waals surface area contributed by atoms with Gasteiger partial charge in [0.25, 0.3) is 5.91 Å². The van der Waals surface area contributed by atoms with E-state index in [0.29, 0.717) is 22.1 Å². The number of carbonyl (C=O) groups excluding carboxylic acids is 1. The summed E-state index contributed by atoms with van der Waals surface area (Å²) in [7, 11) is 0. The van der Waals surface area contributed by atoms with Crippen LogP contribution in [0, 0.1) is 5.92 Å². The standard InChI is InChI=1S/C11H13ClN2O2/c1-5(2)9-11(15)14-8-4-6(12)3-7(13)10(8)16-9/h3-5,9H,13H2,1-2H3,(H,14,15). The third kappa shape index (κ3) is 1.80. The highest BCUT2D eigenvalue weighted by molar-refractivity contribution is 6.31. The van der Waals surface area contributed by atoms with Gasteiger partial charge in [-0.05, 0) is 18.1 Å². The van der Waals surface area contributed by atoms with E-state index in [1.165, 1.54) is 0 Å². The van der Waals surface area contributed by atoms with E-state index in [-0.39, 0.29) is 11.8 Å². The van der Waals surface area contributed by atoms with Gasteiger partial charge in [-0.3, -0.25) is 4.79 Å². The molecule has 5 heteroatoms. The molecule has 1 aromatic rings. The number of benzene rings is 1. The van der Waals surface area contributed by atoms with E-state index in [2.05, 4.69) is 5.32 Å². The van der Waals surface area contributed by atoms with Crippen molar-refractivity contribution in [2.75, 3.05) is 11.1 Å². The highest BCUT2D eigenvalue weighted by atomic mass is 35.5. The summed E-state index contributed by atoms with van der Waals surface area (Å²) >= 11 is 5.84. The van der Waals surface area contributed by atoms with Crippen molar-refractivity contribution in [1.29, 1.82) is 0 Å². The molecule has 1 amide bonds. The summed E-state index contributed by atoms with van der Waals surface area (Å²) in [5.74, 6) is 0.426. The van der Waals surface area contributed by atoms with Gasteiger partial charge in [-0.1, -0.05) is 25.4 Å². The Bertz CT molecular complexity index is 446. The molecule has 86 valence electrons. The second-order valence-corrected chi connectivity index (χ2v) is 4.58. The van der Waals surface area contributed by atoms with Gasteiger partial charge in [0, 0.05) is 5.02 Å². The summed E-state index contributed by atoms with van der Waals surface area (Å²) in [4.78, 5) is 11.7. The van der Waals surface area contributed by atoms with Crippen LogP contribution in [0.1, 0.15) is 13.8 Å². The van der Waals surface area contributed by atoms with Crippen LogP contribution < -0.4 is 15.8 Å². The van der Waals surface area contributed by atoms with Gasteiger partial charge in [-0.2, -0.15) is 0 Å². The lowest BCUT2D eigenvalue weighted by atomic mass is 10.0. The monoisotopic (exact) mass is 240 g/mol. The molecule has 0 spiro atoms. The van der Waals surface area contributed by atoms with Crippen molar-refractivity contribution in [2.24, 2.45) is 5.92 Å². The largest absolute Gasteiger partial charge is 0.476 e. The SMILES string of the molecule is CC(C)C1Oc2c(N)cc(Cl)cc2NC1=O. The van der Waals surface area contributed by atoms with E-state index < -0.39 is 6.10 Å². The van der Waals surface area contributed by atoms with Crippen LogP contribution in [0.25, 0.3) is 0 Å². The fourth-order valence-electron chi connectivity index (χ4n) is 1.66. The van der Waals surface area contributed by atoms with Gasteiger partial charge >= 0.3 is 0 Å². The molecule has 3 N–H and O–H groups in total.